The first-order valence-electron chi connectivity index (χ1n) is 26.4. The largest absolute Gasteiger partial charge is 0.370 e. The Balaban J connectivity index is 0.000000174. The maximum atomic E-state index is 12.3. The number of rotatable bonds is 15. The summed E-state index contributed by atoms with van der Waals surface area (Å²) in [5.41, 5.74) is 8.52. The smallest absolute Gasteiger partial charge is 0.255 e. The fourth-order valence-corrected chi connectivity index (χ4v) is 10.1. The maximum absolute atomic E-state index is 12.3. The molecule has 80 heavy (non-hydrogen) atoms. The summed E-state index contributed by atoms with van der Waals surface area (Å²) in [4.78, 5) is 36.5. The van der Waals surface area contributed by atoms with Gasteiger partial charge in [0.05, 0.1) is 90.9 Å². The zero-order valence-electron chi connectivity index (χ0n) is 45.3. The van der Waals surface area contributed by atoms with Gasteiger partial charge in [-0.3, -0.25) is 14.4 Å². The van der Waals surface area contributed by atoms with E-state index in [1.165, 1.54) is 28.8 Å². The summed E-state index contributed by atoms with van der Waals surface area (Å²) < 4.78 is 19.3. The Labute approximate surface area is 500 Å². The zero-order valence-corrected chi connectivity index (χ0v) is 49.8. The maximum Gasteiger partial charge on any atom is 0.255 e. The molecule has 18 heteroatoms. The summed E-state index contributed by atoms with van der Waals surface area (Å²) in [6.07, 6.45) is 6.40. The highest BCUT2D eigenvalue weighted by molar-refractivity contribution is 6.43. The molecule has 3 heterocycles. The van der Waals surface area contributed by atoms with Crippen molar-refractivity contribution in [2.75, 3.05) is 111 Å². The number of amides is 3. The number of anilines is 2. The third-order valence-corrected chi connectivity index (χ3v) is 16.4. The van der Waals surface area contributed by atoms with Crippen LogP contribution in [-0.4, -0.2) is 131 Å². The summed E-state index contributed by atoms with van der Waals surface area (Å²) in [7, 11) is 6.78. The van der Waals surface area contributed by atoms with Gasteiger partial charge in [-0.2, -0.15) is 0 Å². The van der Waals surface area contributed by atoms with E-state index in [-0.39, 0.29) is 17.7 Å². The number of nitrogens with zero attached hydrogens (tertiary/aromatic N) is 3. The van der Waals surface area contributed by atoms with Crippen molar-refractivity contribution >= 4 is 111 Å². The number of hydrogen-bond acceptors (Lipinski definition) is 6. The molecule has 0 aromatic heterocycles. The molecule has 0 aliphatic carbocycles. The molecular weight excluding hydrogens is 1140 g/mol. The van der Waals surface area contributed by atoms with Crippen LogP contribution in [0.15, 0.2) is 140 Å². The van der Waals surface area contributed by atoms with Crippen LogP contribution in [0.5, 0.6) is 0 Å². The average molecular weight is 1210 g/mol. The molecule has 0 radical (unpaired) electrons. The molecule has 3 fully saturated rings. The van der Waals surface area contributed by atoms with Gasteiger partial charge < -0.3 is 43.6 Å². The number of benzene rings is 6. The van der Waals surface area contributed by atoms with Gasteiger partial charge in [-0.1, -0.05) is 130 Å². The van der Waals surface area contributed by atoms with Crippen molar-refractivity contribution in [1.29, 1.82) is 0 Å². The summed E-state index contributed by atoms with van der Waals surface area (Å²) >= 11 is 35.6. The van der Waals surface area contributed by atoms with E-state index >= 15 is 0 Å². The summed E-state index contributed by atoms with van der Waals surface area (Å²) in [6, 6.07) is 39.7. The minimum absolute atomic E-state index is 0.151. The second-order valence-electron chi connectivity index (χ2n) is 21.0. The molecule has 0 unspecified atom stereocenters. The zero-order chi connectivity index (χ0) is 57.1. The normalized spacial score (nSPS) is 16.4. The molecule has 0 saturated carbocycles. The SMILES string of the molecule is C[N+]1(Cc2ccc(CNC(=O)/C=C/c3ccc(Cl)c(Cl)c3)cc2)CCOCC1.C[N+]1(Cc2ccc(NC(=O)/C=C/c3ccc(Cl)c(Cl)c3)cc2)CCOCC1.C[N+]1(Cc2ccc(NC(=O)c3ccc(Cl)c(Cl)c3)cc2)CCOCC1. The van der Waals surface area contributed by atoms with Crippen LogP contribution in [0, 0.1) is 0 Å². The summed E-state index contributed by atoms with van der Waals surface area (Å²) in [6.45, 7) is 14.5. The van der Waals surface area contributed by atoms with Crippen molar-refractivity contribution < 1.29 is 42.0 Å². The van der Waals surface area contributed by atoms with Gasteiger partial charge in [-0.15, -0.1) is 0 Å². The van der Waals surface area contributed by atoms with Crippen molar-refractivity contribution in [3.63, 3.8) is 0 Å². The molecule has 6 aromatic carbocycles. The molecule has 3 amide bonds. The van der Waals surface area contributed by atoms with Gasteiger partial charge in [0.2, 0.25) is 11.8 Å². The predicted octanol–water partition coefficient (Wildman–Crippen LogP) is 13.1. The summed E-state index contributed by atoms with van der Waals surface area (Å²) in [5, 5.41) is 11.4. The lowest BCUT2D eigenvalue weighted by Crippen LogP contribution is -2.51. The molecule has 0 atom stereocenters. The van der Waals surface area contributed by atoms with E-state index in [1.807, 2.05) is 36.4 Å². The van der Waals surface area contributed by atoms with E-state index in [1.54, 1.807) is 54.6 Å². The van der Waals surface area contributed by atoms with Crippen LogP contribution in [0.3, 0.4) is 0 Å². The second-order valence-corrected chi connectivity index (χ2v) is 23.5. The minimum Gasteiger partial charge on any atom is -0.370 e. The number of carbonyl (C=O) groups excluding carboxylic acids is 3. The first kappa shape index (κ1) is 62.3. The van der Waals surface area contributed by atoms with Crippen LogP contribution in [0.25, 0.3) is 12.2 Å². The van der Waals surface area contributed by atoms with Gasteiger partial charge >= 0.3 is 0 Å². The Bertz CT molecular complexity index is 3090. The van der Waals surface area contributed by atoms with Crippen molar-refractivity contribution in [1.82, 2.24) is 5.32 Å². The number of halogens is 6. The average Bonchev–Trinajstić information content (AvgIpc) is 3.44. The van der Waals surface area contributed by atoms with Gasteiger partial charge in [-0.05, 0) is 95.6 Å². The van der Waals surface area contributed by atoms with Crippen LogP contribution in [0.4, 0.5) is 11.4 Å². The van der Waals surface area contributed by atoms with Crippen LogP contribution in [-0.2, 0) is 50.0 Å². The number of carbonyl (C=O) groups is 3. The van der Waals surface area contributed by atoms with Crippen LogP contribution in [0.1, 0.15) is 43.7 Å². The first-order chi connectivity index (χ1) is 38.3. The summed E-state index contributed by atoms with van der Waals surface area (Å²) in [5.74, 6) is -0.555. The lowest BCUT2D eigenvalue weighted by atomic mass is 10.1. The van der Waals surface area contributed by atoms with Crippen molar-refractivity contribution in [2.24, 2.45) is 0 Å². The molecule has 0 spiro atoms. The molecule has 6 aromatic rings. The molecule has 0 bridgehead atoms. The van der Waals surface area contributed by atoms with Crippen LogP contribution < -0.4 is 16.0 Å². The Kier molecular flexibility index (Phi) is 23.5. The van der Waals surface area contributed by atoms with Gasteiger partial charge in [-0.25, -0.2) is 0 Å². The Morgan fingerprint density at radius 1 is 0.425 bits per heavy atom. The Morgan fingerprint density at radius 2 is 0.775 bits per heavy atom. The molecule has 3 N–H and O–H groups in total. The van der Waals surface area contributed by atoms with Gasteiger partial charge in [0, 0.05) is 52.3 Å². The quantitative estimate of drug-likeness (QED) is 0.0697. The van der Waals surface area contributed by atoms with E-state index in [0.717, 1.165) is 140 Å². The van der Waals surface area contributed by atoms with E-state index in [9.17, 15) is 14.4 Å². The number of morpholine rings is 3. The minimum atomic E-state index is -0.210. The third-order valence-electron chi connectivity index (χ3n) is 14.2. The van der Waals surface area contributed by atoms with Crippen molar-refractivity contribution in [3.05, 3.63) is 209 Å². The standard InChI is InChI=1S/C22H24Cl2N2O2.C21H22Cl2N2O2.C19H20Cl2N2O2/c1-26(10-12-28-13-11-26)16-19-4-2-18(3-5-19)15-25-22(27)9-7-17-6-8-20(23)21(24)14-17;1-25(10-12-27-13-11-25)15-17-2-6-18(7-3-17)24-21(26)9-5-16-4-8-19(22)20(23)14-16;1-23(8-10-25-11-9-23)13-14-2-5-16(6-3-14)22-19(24)15-4-7-17(20)18(21)12-15/h2-9,14H,10-13,15-16H2,1H3;2-9,14H,10-13,15H2,1H3;2-7,12H,8-11,13H2,1H3/p+3/b9-7+;9-5+;. The highest BCUT2D eigenvalue weighted by Gasteiger charge is 2.28. The monoisotopic (exact) mass is 1200 g/mol. The van der Waals surface area contributed by atoms with Gasteiger partial charge in [0.15, 0.2) is 0 Å². The van der Waals surface area contributed by atoms with Crippen LogP contribution in [0.2, 0.25) is 30.1 Å². The molecule has 12 nitrogen and oxygen atoms in total. The number of likely N-dealkylation sites (N-methyl/N-ethyl adjacent to an activating group) is 3. The van der Waals surface area contributed by atoms with Crippen molar-refractivity contribution in [3.8, 4) is 0 Å². The molecule has 3 aliphatic rings. The fraction of sp³-hybridized carbons (Fsp3) is 0.306. The Morgan fingerprint density at radius 3 is 1.18 bits per heavy atom. The van der Waals surface area contributed by atoms with E-state index in [4.69, 9.17) is 83.8 Å². The lowest BCUT2D eigenvalue weighted by molar-refractivity contribution is -0.929. The van der Waals surface area contributed by atoms with Gasteiger partial charge in [0.1, 0.15) is 58.9 Å². The van der Waals surface area contributed by atoms with E-state index in [0.29, 0.717) is 42.2 Å². The first-order valence-corrected chi connectivity index (χ1v) is 28.7. The topological polar surface area (TPSA) is 115 Å². The van der Waals surface area contributed by atoms with Crippen molar-refractivity contribution in [2.45, 2.75) is 26.2 Å². The molecule has 422 valence electrons. The lowest BCUT2D eigenvalue weighted by Gasteiger charge is -2.37. The molecule has 3 saturated heterocycles. The van der Waals surface area contributed by atoms with E-state index in [2.05, 4.69) is 85.6 Å². The Hall–Kier alpha value is -5.29. The number of hydrogen-bond donors (Lipinski definition) is 3. The highest BCUT2D eigenvalue weighted by Crippen LogP contribution is 2.27. The predicted molar refractivity (Wildman–Crippen MR) is 327 cm³/mol. The van der Waals surface area contributed by atoms with Crippen LogP contribution >= 0.6 is 69.6 Å². The number of quaternary nitrogens is 3. The third kappa shape index (κ3) is 20.3. The molecule has 3 aliphatic heterocycles. The van der Waals surface area contributed by atoms with E-state index < -0.39 is 0 Å². The fourth-order valence-electron chi connectivity index (χ4n) is 9.15. The number of ether oxygens (including phenoxy) is 3. The highest BCUT2D eigenvalue weighted by atomic mass is 35.5. The second kappa shape index (κ2) is 30.1. The molecular formula is C62H69Cl6N6O6+3. The number of nitrogens with one attached hydrogen (secondary N) is 3. The molecule has 9 rings (SSSR count). The van der Waals surface area contributed by atoms with Gasteiger partial charge in [0.25, 0.3) is 5.91 Å².